The van der Waals surface area contributed by atoms with Crippen LogP contribution in [0.4, 0.5) is 5.69 Å². The fourth-order valence-electron chi connectivity index (χ4n) is 3.19. The van der Waals surface area contributed by atoms with Gasteiger partial charge in [-0.15, -0.1) is 0 Å². The van der Waals surface area contributed by atoms with E-state index in [0.717, 1.165) is 5.69 Å². The zero-order valence-electron chi connectivity index (χ0n) is 12.8. The fourth-order valence-corrected chi connectivity index (χ4v) is 3.19. The largest absolute Gasteiger partial charge is 0.350 e. The number of aryl methyl sites for hydroxylation is 1. The molecule has 0 bridgehead atoms. The second-order valence-electron chi connectivity index (χ2n) is 6.01. The van der Waals surface area contributed by atoms with Gasteiger partial charge in [-0.3, -0.25) is 10.2 Å². The highest BCUT2D eigenvalue weighted by Gasteiger charge is 2.37. The van der Waals surface area contributed by atoms with Crippen LogP contribution in [0.25, 0.3) is 5.57 Å². The molecule has 108 valence electrons. The molecule has 1 aromatic rings. The smallest absolute Gasteiger partial charge is 0.256 e. The van der Waals surface area contributed by atoms with E-state index in [4.69, 9.17) is 5.84 Å². The molecule has 0 radical (unpaired) electrons. The summed E-state index contributed by atoms with van der Waals surface area (Å²) in [5.41, 5.74) is 6.73. The highest BCUT2D eigenvalue weighted by atomic mass is 16.2. The van der Waals surface area contributed by atoms with Crippen LogP contribution in [0.5, 0.6) is 0 Å². The Kier molecular flexibility index (Phi) is 3.61. The highest BCUT2D eigenvalue weighted by Crippen LogP contribution is 2.41. The van der Waals surface area contributed by atoms with Crippen LogP contribution in [-0.2, 0) is 4.79 Å². The maximum atomic E-state index is 12.0. The molecule has 1 atom stereocenters. The van der Waals surface area contributed by atoms with Crippen LogP contribution in [0.15, 0.2) is 24.3 Å². The van der Waals surface area contributed by atoms with Crippen molar-refractivity contribution >= 4 is 17.2 Å². The van der Waals surface area contributed by atoms with Crippen LogP contribution in [0.2, 0.25) is 0 Å². The average molecular weight is 273 g/mol. The Labute approximate surface area is 120 Å². The van der Waals surface area contributed by atoms with Crippen LogP contribution in [0, 0.1) is 6.92 Å². The Balaban J connectivity index is 2.65. The van der Waals surface area contributed by atoms with Crippen LogP contribution in [0.1, 0.15) is 38.8 Å². The molecule has 0 aliphatic carbocycles. The summed E-state index contributed by atoms with van der Waals surface area (Å²) in [6, 6.07) is 5.89. The Morgan fingerprint density at radius 2 is 2.00 bits per heavy atom. The van der Waals surface area contributed by atoms with Gasteiger partial charge in [0.25, 0.3) is 5.91 Å². The van der Waals surface area contributed by atoms with Gasteiger partial charge in [-0.1, -0.05) is 24.3 Å². The van der Waals surface area contributed by atoms with E-state index in [9.17, 15) is 4.79 Å². The Hall–Kier alpha value is -1.81. The second-order valence-corrected chi connectivity index (χ2v) is 6.01. The van der Waals surface area contributed by atoms with E-state index in [1.165, 1.54) is 16.7 Å². The number of benzene rings is 1. The van der Waals surface area contributed by atoms with Gasteiger partial charge in [0, 0.05) is 11.3 Å². The van der Waals surface area contributed by atoms with E-state index in [1.807, 2.05) is 6.92 Å². The van der Waals surface area contributed by atoms with E-state index in [1.54, 1.807) is 0 Å². The van der Waals surface area contributed by atoms with Crippen molar-refractivity contribution in [2.75, 3.05) is 4.90 Å². The van der Waals surface area contributed by atoms with Crippen molar-refractivity contribution in [3.05, 3.63) is 35.4 Å². The number of anilines is 1. The summed E-state index contributed by atoms with van der Waals surface area (Å²) < 4.78 is 0. The number of nitrogens with two attached hydrogens (primary N) is 1. The lowest BCUT2D eigenvalue weighted by Crippen LogP contribution is -2.56. The summed E-state index contributed by atoms with van der Waals surface area (Å²) >= 11 is 0. The van der Waals surface area contributed by atoms with E-state index >= 15 is 0 Å². The minimum Gasteiger partial charge on any atom is -0.350 e. The van der Waals surface area contributed by atoms with Crippen LogP contribution in [-0.4, -0.2) is 17.5 Å². The molecule has 0 saturated heterocycles. The third-order valence-corrected chi connectivity index (χ3v) is 4.00. The molecule has 1 aliphatic heterocycles. The van der Waals surface area contributed by atoms with Crippen LogP contribution in [0.3, 0.4) is 0 Å². The molecule has 0 spiro atoms. The number of carbonyl (C=O) groups is 1. The van der Waals surface area contributed by atoms with Crippen LogP contribution < -0.4 is 16.2 Å². The number of nitrogens with zero attached hydrogens (tertiary/aromatic N) is 1. The van der Waals surface area contributed by atoms with Crippen molar-refractivity contribution < 1.29 is 4.79 Å². The number of allylic oxidation sites excluding steroid dienone is 1. The van der Waals surface area contributed by atoms with Gasteiger partial charge in [0.2, 0.25) is 0 Å². The average Bonchev–Trinajstić information content (AvgIpc) is 2.37. The number of amides is 1. The summed E-state index contributed by atoms with van der Waals surface area (Å²) in [5, 5.41) is 0. The number of nitrogens with one attached hydrogen (secondary N) is 1. The molecule has 0 fully saturated rings. The van der Waals surface area contributed by atoms with E-state index < -0.39 is 0 Å². The van der Waals surface area contributed by atoms with Gasteiger partial charge in [-0.05, 0) is 45.8 Å². The molecule has 1 amide bonds. The monoisotopic (exact) mass is 273 g/mol. The minimum atomic E-state index is -0.334. The second kappa shape index (κ2) is 4.94. The quantitative estimate of drug-likeness (QED) is 0.494. The number of para-hydroxylation sites is 1. The fraction of sp³-hybridized carbons (Fsp3) is 0.438. The van der Waals surface area contributed by atoms with Gasteiger partial charge >= 0.3 is 0 Å². The van der Waals surface area contributed by atoms with Crippen molar-refractivity contribution in [2.45, 2.75) is 46.2 Å². The third-order valence-electron chi connectivity index (χ3n) is 4.00. The SMILES string of the molecule is CC1=CC(C)(C)N(C(C)C(=O)NN)c2c(C)cccc21. The van der Waals surface area contributed by atoms with Crippen molar-refractivity contribution in [1.29, 1.82) is 0 Å². The molecule has 3 N–H and O–H groups in total. The summed E-state index contributed by atoms with van der Waals surface area (Å²) in [5.74, 6) is 5.13. The van der Waals surface area contributed by atoms with Gasteiger partial charge < -0.3 is 4.90 Å². The van der Waals surface area contributed by atoms with Crippen LogP contribution >= 0.6 is 0 Å². The van der Waals surface area contributed by atoms with Crippen molar-refractivity contribution in [2.24, 2.45) is 5.84 Å². The number of hydrazine groups is 1. The lowest BCUT2D eigenvalue weighted by Gasteiger charge is -2.46. The number of hydrogen-bond acceptors (Lipinski definition) is 3. The molecule has 1 unspecified atom stereocenters. The number of hydrogen-bond donors (Lipinski definition) is 2. The predicted molar refractivity (Wildman–Crippen MR) is 83.2 cm³/mol. The molecule has 4 nitrogen and oxygen atoms in total. The molecule has 0 saturated carbocycles. The summed E-state index contributed by atoms with van der Waals surface area (Å²) in [6.45, 7) is 10.3. The van der Waals surface area contributed by atoms with E-state index in [0.29, 0.717) is 0 Å². The zero-order chi connectivity index (χ0) is 15.1. The number of rotatable bonds is 2. The Bertz CT molecular complexity index is 575. The number of fused-ring (bicyclic) bond motifs is 1. The summed E-state index contributed by atoms with van der Waals surface area (Å²) in [7, 11) is 0. The molecule has 20 heavy (non-hydrogen) atoms. The molecule has 0 aromatic heterocycles. The minimum absolute atomic E-state index is 0.180. The molecule has 4 heteroatoms. The Morgan fingerprint density at radius 1 is 1.35 bits per heavy atom. The van der Waals surface area contributed by atoms with Crippen molar-refractivity contribution in [3.63, 3.8) is 0 Å². The maximum absolute atomic E-state index is 12.0. The first-order valence-electron chi connectivity index (χ1n) is 6.89. The van der Waals surface area contributed by atoms with Gasteiger partial charge in [0.1, 0.15) is 6.04 Å². The first kappa shape index (κ1) is 14.6. The maximum Gasteiger partial charge on any atom is 0.256 e. The molecular weight excluding hydrogens is 250 g/mol. The van der Waals surface area contributed by atoms with E-state index in [-0.39, 0.29) is 17.5 Å². The Morgan fingerprint density at radius 3 is 2.60 bits per heavy atom. The molecule has 1 aromatic carbocycles. The lowest BCUT2D eigenvalue weighted by atomic mass is 9.86. The molecule has 2 rings (SSSR count). The molecule has 1 aliphatic rings. The van der Waals surface area contributed by atoms with Gasteiger partial charge in [-0.2, -0.15) is 0 Å². The van der Waals surface area contributed by atoms with Crippen molar-refractivity contribution in [3.8, 4) is 0 Å². The molecule has 1 heterocycles. The first-order chi connectivity index (χ1) is 9.29. The molecular formula is C16H23N3O. The summed E-state index contributed by atoms with van der Waals surface area (Å²) in [6.07, 6.45) is 2.20. The van der Waals surface area contributed by atoms with E-state index in [2.05, 4.69) is 62.3 Å². The zero-order valence-corrected chi connectivity index (χ0v) is 12.8. The normalized spacial score (nSPS) is 18.1. The van der Waals surface area contributed by atoms with Gasteiger partial charge in [0.05, 0.1) is 5.54 Å². The summed E-state index contributed by atoms with van der Waals surface area (Å²) in [4.78, 5) is 14.1. The van der Waals surface area contributed by atoms with Crippen molar-refractivity contribution in [1.82, 2.24) is 5.43 Å². The first-order valence-corrected chi connectivity index (χ1v) is 6.89. The van der Waals surface area contributed by atoms with Gasteiger partial charge in [0.15, 0.2) is 0 Å². The van der Waals surface area contributed by atoms with Gasteiger partial charge in [-0.25, -0.2) is 5.84 Å². The number of carbonyl (C=O) groups excluding carboxylic acids is 1. The topological polar surface area (TPSA) is 58.4 Å². The lowest BCUT2D eigenvalue weighted by molar-refractivity contribution is -0.122. The standard InChI is InChI=1S/C16H23N3O/c1-10-7-6-8-13-11(2)9-16(4,5)19(14(10)13)12(3)15(20)18-17/h6-9,12H,17H2,1-5H3,(H,18,20). The highest BCUT2D eigenvalue weighted by molar-refractivity contribution is 5.90. The third kappa shape index (κ3) is 2.20. The predicted octanol–water partition coefficient (Wildman–Crippen LogP) is 2.38.